The zero-order valence-electron chi connectivity index (χ0n) is 18.8. The van der Waals surface area contributed by atoms with Gasteiger partial charge < -0.3 is 19.3 Å². The number of aromatic nitrogens is 1. The smallest absolute Gasteiger partial charge is 0.412 e. The number of nitrogens with zero attached hydrogens (tertiary/aromatic N) is 2. The predicted molar refractivity (Wildman–Crippen MR) is 124 cm³/mol. The molecule has 7 nitrogen and oxygen atoms in total. The maximum atomic E-state index is 12.1. The number of hydrogen-bond acceptors (Lipinski definition) is 5. The Morgan fingerprint density at radius 2 is 1.66 bits per heavy atom. The summed E-state index contributed by atoms with van der Waals surface area (Å²) >= 11 is 0. The van der Waals surface area contributed by atoms with Crippen molar-refractivity contribution in [2.75, 3.05) is 19.1 Å². The average Bonchev–Trinajstić information content (AvgIpc) is 3.31. The quantitative estimate of drug-likeness (QED) is 0.504. The van der Waals surface area contributed by atoms with E-state index in [-0.39, 0.29) is 6.04 Å². The van der Waals surface area contributed by atoms with Crippen LogP contribution in [0.1, 0.15) is 36.8 Å². The van der Waals surface area contributed by atoms with Gasteiger partial charge in [-0.25, -0.2) is 4.79 Å². The fraction of sp³-hybridized carbons (Fsp3) is 0.360. The summed E-state index contributed by atoms with van der Waals surface area (Å²) in [6, 6.07) is 9.18. The lowest BCUT2D eigenvalue weighted by Gasteiger charge is -2.28. The SMILES string of the molecule is COc1cc2nccc(Oc3ccc(N(C(=O)O)C4CCCC4)c(C)c3C)c2cc1OC. The summed E-state index contributed by atoms with van der Waals surface area (Å²) in [6.45, 7) is 3.90. The van der Waals surface area contributed by atoms with Crippen molar-refractivity contribution in [2.24, 2.45) is 0 Å². The van der Waals surface area contributed by atoms with Gasteiger partial charge in [-0.3, -0.25) is 9.88 Å². The zero-order chi connectivity index (χ0) is 22.8. The Morgan fingerprint density at radius 3 is 2.31 bits per heavy atom. The number of rotatable bonds is 6. The summed E-state index contributed by atoms with van der Waals surface area (Å²) in [5.41, 5.74) is 3.25. The fourth-order valence-electron chi connectivity index (χ4n) is 4.43. The average molecular weight is 437 g/mol. The second-order valence-corrected chi connectivity index (χ2v) is 8.06. The van der Waals surface area contributed by atoms with E-state index in [0.717, 1.165) is 53.4 Å². The molecule has 1 N–H and O–H groups in total. The number of methoxy groups -OCH3 is 2. The van der Waals surface area contributed by atoms with Gasteiger partial charge in [0, 0.05) is 23.7 Å². The van der Waals surface area contributed by atoms with Gasteiger partial charge in [0.2, 0.25) is 0 Å². The summed E-state index contributed by atoms with van der Waals surface area (Å²) in [6.07, 6.45) is 4.71. The molecule has 1 aliphatic carbocycles. The molecular formula is C25H28N2O5. The maximum Gasteiger partial charge on any atom is 0.412 e. The molecule has 0 bridgehead atoms. The van der Waals surface area contributed by atoms with Crippen molar-refractivity contribution in [3.05, 3.63) is 47.7 Å². The lowest BCUT2D eigenvalue weighted by Crippen LogP contribution is -2.38. The van der Waals surface area contributed by atoms with E-state index in [9.17, 15) is 9.90 Å². The van der Waals surface area contributed by atoms with Crippen molar-refractivity contribution in [2.45, 2.75) is 45.6 Å². The number of carboxylic acid groups (broad SMARTS) is 1. The van der Waals surface area contributed by atoms with Gasteiger partial charge in [-0.15, -0.1) is 0 Å². The molecule has 0 saturated heterocycles. The maximum absolute atomic E-state index is 12.1. The molecule has 168 valence electrons. The minimum absolute atomic E-state index is 0.0314. The summed E-state index contributed by atoms with van der Waals surface area (Å²) < 4.78 is 17.1. The third-order valence-corrected chi connectivity index (χ3v) is 6.29. The highest BCUT2D eigenvalue weighted by Gasteiger charge is 2.29. The van der Waals surface area contributed by atoms with Gasteiger partial charge in [0.15, 0.2) is 11.5 Å². The van der Waals surface area contributed by atoms with E-state index >= 15 is 0 Å². The Balaban J connectivity index is 1.72. The molecule has 1 aliphatic rings. The Labute approximate surface area is 187 Å². The minimum atomic E-state index is -0.908. The largest absolute Gasteiger partial charge is 0.493 e. The van der Waals surface area contributed by atoms with E-state index < -0.39 is 6.09 Å². The third-order valence-electron chi connectivity index (χ3n) is 6.29. The molecule has 0 spiro atoms. The number of amides is 1. The number of anilines is 1. The highest BCUT2D eigenvalue weighted by Crippen LogP contribution is 2.40. The van der Waals surface area contributed by atoms with E-state index in [2.05, 4.69) is 4.98 Å². The van der Waals surface area contributed by atoms with Crippen LogP contribution in [0.15, 0.2) is 36.5 Å². The van der Waals surface area contributed by atoms with E-state index in [1.165, 1.54) is 4.90 Å². The molecule has 0 atom stereocenters. The molecule has 4 rings (SSSR count). The molecule has 0 aliphatic heterocycles. The predicted octanol–water partition coefficient (Wildman–Crippen LogP) is 6.09. The van der Waals surface area contributed by atoms with Crippen molar-refractivity contribution in [3.8, 4) is 23.0 Å². The van der Waals surface area contributed by atoms with Crippen LogP contribution in [0, 0.1) is 13.8 Å². The van der Waals surface area contributed by atoms with Crippen molar-refractivity contribution >= 4 is 22.7 Å². The highest BCUT2D eigenvalue weighted by molar-refractivity contribution is 5.89. The van der Waals surface area contributed by atoms with E-state index in [1.807, 2.05) is 38.1 Å². The zero-order valence-corrected chi connectivity index (χ0v) is 18.8. The molecule has 2 aromatic carbocycles. The normalized spacial score (nSPS) is 13.9. The first-order chi connectivity index (χ1) is 15.4. The molecule has 32 heavy (non-hydrogen) atoms. The summed E-state index contributed by atoms with van der Waals surface area (Å²) in [4.78, 5) is 18.0. The standard InChI is InChI=1S/C25H28N2O5/c1-15-16(2)21(10-9-20(15)27(25(28)29)17-7-5-6-8-17)32-22-11-12-26-19-14-24(31-4)23(30-3)13-18(19)22/h9-14,17H,5-8H2,1-4H3,(H,28,29). The Hall–Kier alpha value is -3.48. The van der Waals surface area contributed by atoms with Gasteiger partial charge >= 0.3 is 6.09 Å². The summed E-state index contributed by atoms with van der Waals surface area (Å²) in [5.74, 6) is 2.50. The fourth-order valence-corrected chi connectivity index (χ4v) is 4.43. The first-order valence-corrected chi connectivity index (χ1v) is 10.8. The number of pyridine rings is 1. The molecule has 1 heterocycles. The minimum Gasteiger partial charge on any atom is -0.493 e. The van der Waals surface area contributed by atoms with Gasteiger partial charge in [-0.1, -0.05) is 12.8 Å². The lowest BCUT2D eigenvalue weighted by atomic mass is 10.0. The molecule has 0 radical (unpaired) electrons. The molecular weight excluding hydrogens is 408 g/mol. The monoisotopic (exact) mass is 436 g/mol. The number of hydrogen-bond donors (Lipinski definition) is 1. The summed E-state index contributed by atoms with van der Waals surface area (Å²) in [5, 5.41) is 10.7. The second-order valence-electron chi connectivity index (χ2n) is 8.06. The van der Waals surface area contributed by atoms with Gasteiger partial charge in [-0.05, 0) is 62.1 Å². The van der Waals surface area contributed by atoms with E-state index in [1.54, 1.807) is 26.5 Å². The van der Waals surface area contributed by atoms with Crippen LogP contribution in [0.25, 0.3) is 10.9 Å². The number of carbonyl (C=O) groups is 1. The van der Waals surface area contributed by atoms with Crippen molar-refractivity contribution in [1.29, 1.82) is 0 Å². The van der Waals surface area contributed by atoms with Crippen LogP contribution in [0.4, 0.5) is 10.5 Å². The molecule has 1 amide bonds. The van der Waals surface area contributed by atoms with Crippen LogP contribution < -0.4 is 19.1 Å². The van der Waals surface area contributed by atoms with E-state index in [4.69, 9.17) is 14.2 Å². The number of benzene rings is 2. The van der Waals surface area contributed by atoms with Gasteiger partial charge in [0.25, 0.3) is 0 Å². The molecule has 7 heteroatoms. The van der Waals surface area contributed by atoms with Crippen LogP contribution in [0.3, 0.4) is 0 Å². The molecule has 1 fully saturated rings. The lowest BCUT2D eigenvalue weighted by molar-refractivity contribution is 0.199. The first-order valence-electron chi connectivity index (χ1n) is 10.8. The number of fused-ring (bicyclic) bond motifs is 1. The van der Waals surface area contributed by atoms with Crippen LogP contribution >= 0.6 is 0 Å². The van der Waals surface area contributed by atoms with Gasteiger partial charge in [0.1, 0.15) is 11.5 Å². The molecule has 1 saturated carbocycles. The molecule has 1 aromatic heterocycles. The van der Waals surface area contributed by atoms with Crippen molar-refractivity contribution in [3.63, 3.8) is 0 Å². The van der Waals surface area contributed by atoms with Gasteiger partial charge in [-0.2, -0.15) is 0 Å². The van der Waals surface area contributed by atoms with E-state index in [0.29, 0.717) is 23.0 Å². The molecule has 0 unspecified atom stereocenters. The summed E-state index contributed by atoms with van der Waals surface area (Å²) in [7, 11) is 3.18. The van der Waals surface area contributed by atoms with Gasteiger partial charge in [0.05, 0.1) is 25.4 Å². The van der Waals surface area contributed by atoms with Crippen LogP contribution in [0.5, 0.6) is 23.0 Å². The van der Waals surface area contributed by atoms with Crippen LogP contribution in [-0.4, -0.2) is 36.4 Å². The Morgan fingerprint density at radius 1 is 0.969 bits per heavy atom. The van der Waals surface area contributed by atoms with Crippen LogP contribution in [-0.2, 0) is 0 Å². The second kappa shape index (κ2) is 8.94. The Kier molecular flexibility index (Phi) is 6.08. The highest BCUT2D eigenvalue weighted by atomic mass is 16.5. The van der Waals surface area contributed by atoms with Crippen molar-refractivity contribution < 1.29 is 24.1 Å². The third kappa shape index (κ3) is 3.90. The van der Waals surface area contributed by atoms with Crippen molar-refractivity contribution in [1.82, 2.24) is 4.98 Å². The number of ether oxygens (including phenoxy) is 3. The topological polar surface area (TPSA) is 81.1 Å². The van der Waals surface area contributed by atoms with Crippen LogP contribution in [0.2, 0.25) is 0 Å². The molecule has 3 aromatic rings. The Bertz CT molecular complexity index is 1150. The first kappa shape index (κ1) is 21.7.